The quantitative estimate of drug-likeness (QED) is 0.0211. The Kier molecular flexibility index (Phi) is 48.9. The lowest BCUT2D eigenvalue weighted by Gasteiger charge is -2.24. The van der Waals surface area contributed by atoms with Gasteiger partial charge in [0.05, 0.1) is 27.7 Å². The average molecular weight is 981 g/mol. The predicted octanol–water partition coefficient (Wildman–Crippen LogP) is 17.6. The molecule has 0 saturated carbocycles. The summed E-state index contributed by atoms with van der Waals surface area (Å²) in [6.45, 7) is 4.42. The number of carbonyl (C=O) groups excluding carboxylic acids is 2. The van der Waals surface area contributed by atoms with Crippen molar-refractivity contribution in [1.29, 1.82) is 0 Å². The predicted molar refractivity (Wildman–Crippen MR) is 289 cm³/mol. The minimum absolute atomic E-state index is 0.0298. The zero-order chi connectivity index (χ0) is 49.9. The summed E-state index contributed by atoms with van der Waals surface area (Å²) in [7, 11) is 1.47. The van der Waals surface area contributed by atoms with E-state index in [1.807, 2.05) is 21.1 Å². The number of unbranched alkanes of at least 4 members (excludes halogenated alkanes) is 33. The summed E-state index contributed by atoms with van der Waals surface area (Å²) < 4.78 is 34.5. The lowest BCUT2D eigenvalue weighted by molar-refractivity contribution is -0.870. The van der Waals surface area contributed by atoms with Crippen molar-refractivity contribution in [3.8, 4) is 0 Å². The molecule has 2 atom stereocenters. The van der Waals surface area contributed by atoms with E-state index < -0.39 is 26.5 Å². The van der Waals surface area contributed by atoms with Crippen molar-refractivity contribution >= 4 is 19.8 Å². The Balaban J connectivity index is 4.06. The monoisotopic (exact) mass is 981 g/mol. The summed E-state index contributed by atoms with van der Waals surface area (Å²) in [5, 5.41) is 0. The molecule has 0 bridgehead atoms. The number of hydrogen-bond donors (Lipinski definition) is 1. The molecule has 0 heterocycles. The minimum atomic E-state index is -4.38. The molecule has 0 fully saturated rings. The molecule has 0 aliphatic carbocycles. The van der Waals surface area contributed by atoms with Gasteiger partial charge < -0.3 is 18.9 Å². The fourth-order valence-electron chi connectivity index (χ4n) is 8.16. The van der Waals surface area contributed by atoms with Crippen LogP contribution in [0.3, 0.4) is 0 Å². The van der Waals surface area contributed by atoms with Crippen molar-refractivity contribution in [2.45, 2.75) is 277 Å². The van der Waals surface area contributed by atoms with Gasteiger partial charge in [-0.05, 0) is 70.6 Å². The standard InChI is InChI=1S/C58H110NO8P/c1-6-8-10-12-14-16-18-20-22-23-24-25-26-27-28-29-30-31-32-33-34-35-37-38-40-42-44-46-48-50-57(60)64-54-56(55-66-68(62,63)65-53-52-59(3,4)5)67-58(61)51-49-47-45-43-41-39-36-21-19-17-15-13-11-9-7-2/h15,17,21,23-24,36,56H,6-14,16,18-20,22,25-35,37-55H2,1-5H3/p+1/b17-15-,24-23-,36-21-. The first-order valence-corrected chi connectivity index (χ1v) is 30.2. The Morgan fingerprint density at radius 3 is 1.21 bits per heavy atom. The van der Waals surface area contributed by atoms with Crippen LogP contribution in [0, 0.1) is 0 Å². The van der Waals surface area contributed by atoms with Crippen molar-refractivity contribution < 1.29 is 42.1 Å². The van der Waals surface area contributed by atoms with E-state index in [4.69, 9.17) is 18.5 Å². The van der Waals surface area contributed by atoms with Crippen LogP contribution in [-0.2, 0) is 32.7 Å². The van der Waals surface area contributed by atoms with E-state index in [0.717, 1.165) is 57.8 Å². The Bertz CT molecular complexity index is 1250. The van der Waals surface area contributed by atoms with Gasteiger partial charge in [-0.2, -0.15) is 0 Å². The summed E-state index contributed by atoms with van der Waals surface area (Å²) in [4.78, 5) is 35.6. The van der Waals surface area contributed by atoms with Crippen LogP contribution >= 0.6 is 7.82 Å². The number of phosphoric acid groups is 1. The zero-order valence-electron chi connectivity index (χ0n) is 45.4. The lowest BCUT2D eigenvalue weighted by Crippen LogP contribution is -2.37. The number of phosphoric ester groups is 1. The number of nitrogens with zero attached hydrogens (tertiary/aromatic N) is 1. The maximum atomic E-state index is 12.8. The SMILES string of the molecule is CCCCC/C=C\C/C=C\CCCCCCCC(=O)OC(COC(=O)CCCCCCCCCCCCCCCCCCC/C=C\CCCCCCCCCC)COP(=O)(O)OCC[N+](C)(C)C. The maximum absolute atomic E-state index is 12.8. The fraction of sp³-hybridized carbons (Fsp3) is 0.862. The first kappa shape index (κ1) is 66.2. The van der Waals surface area contributed by atoms with Crippen molar-refractivity contribution in [2.24, 2.45) is 0 Å². The number of hydrogen-bond acceptors (Lipinski definition) is 7. The third-order valence-corrected chi connectivity index (χ3v) is 13.6. The van der Waals surface area contributed by atoms with Crippen LogP contribution in [0.1, 0.15) is 271 Å². The van der Waals surface area contributed by atoms with Crippen LogP contribution in [0.4, 0.5) is 0 Å². The van der Waals surface area contributed by atoms with Gasteiger partial charge in [0.15, 0.2) is 6.10 Å². The molecule has 0 saturated heterocycles. The van der Waals surface area contributed by atoms with Crippen LogP contribution in [0.15, 0.2) is 36.5 Å². The molecule has 9 nitrogen and oxygen atoms in total. The highest BCUT2D eigenvalue weighted by atomic mass is 31.2. The molecule has 0 aliphatic heterocycles. The largest absolute Gasteiger partial charge is 0.472 e. The summed E-state index contributed by atoms with van der Waals surface area (Å²) in [5.74, 6) is -0.803. The molecule has 0 radical (unpaired) electrons. The van der Waals surface area contributed by atoms with Crippen LogP contribution in [-0.4, -0.2) is 74.9 Å². The number of esters is 2. The van der Waals surface area contributed by atoms with E-state index in [1.54, 1.807) is 0 Å². The lowest BCUT2D eigenvalue weighted by atomic mass is 10.0. The van der Waals surface area contributed by atoms with Crippen molar-refractivity contribution in [1.82, 2.24) is 0 Å². The Morgan fingerprint density at radius 1 is 0.456 bits per heavy atom. The van der Waals surface area contributed by atoms with Crippen LogP contribution in [0.25, 0.3) is 0 Å². The molecular weight excluding hydrogens is 870 g/mol. The van der Waals surface area contributed by atoms with Gasteiger partial charge in [0.2, 0.25) is 0 Å². The van der Waals surface area contributed by atoms with E-state index in [1.165, 1.54) is 180 Å². The fourth-order valence-corrected chi connectivity index (χ4v) is 8.90. The second-order valence-electron chi connectivity index (χ2n) is 20.7. The summed E-state index contributed by atoms with van der Waals surface area (Å²) >= 11 is 0. The van der Waals surface area contributed by atoms with Crippen LogP contribution in [0.5, 0.6) is 0 Å². The first-order chi connectivity index (χ1) is 33.0. The second-order valence-corrected chi connectivity index (χ2v) is 22.1. The maximum Gasteiger partial charge on any atom is 0.472 e. The summed E-state index contributed by atoms with van der Waals surface area (Å²) in [6, 6.07) is 0. The first-order valence-electron chi connectivity index (χ1n) is 28.7. The Morgan fingerprint density at radius 2 is 0.794 bits per heavy atom. The van der Waals surface area contributed by atoms with Crippen molar-refractivity contribution in [3.63, 3.8) is 0 Å². The zero-order valence-corrected chi connectivity index (χ0v) is 46.2. The number of quaternary nitrogens is 1. The molecule has 10 heteroatoms. The molecule has 0 rings (SSSR count). The third-order valence-electron chi connectivity index (χ3n) is 12.6. The smallest absolute Gasteiger partial charge is 0.462 e. The minimum Gasteiger partial charge on any atom is -0.462 e. The normalized spacial score (nSPS) is 13.6. The number of allylic oxidation sites excluding steroid dienone is 6. The highest BCUT2D eigenvalue weighted by molar-refractivity contribution is 7.47. The number of ether oxygens (including phenoxy) is 2. The van der Waals surface area contributed by atoms with Crippen molar-refractivity contribution in [2.75, 3.05) is 47.5 Å². The number of carbonyl (C=O) groups is 2. The van der Waals surface area contributed by atoms with Gasteiger partial charge in [-0.1, -0.05) is 224 Å². The van der Waals surface area contributed by atoms with E-state index >= 15 is 0 Å². The molecule has 2 unspecified atom stereocenters. The second kappa shape index (κ2) is 50.2. The van der Waals surface area contributed by atoms with E-state index in [-0.39, 0.29) is 32.0 Å². The van der Waals surface area contributed by atoms with Gasteiger partial charge in [-0.15, -0.1) is 0 Å². The highest BCUT2D eigenvalue weighted by Gasteiger charge is 2.27. The highest BCUT2D eigenvalue weighted by Crippen LogP contribution is 2.43. The summed E-state index contributed by atoms with van der Waals surface area (Å²) in [5.41, 5.74) is 0. The molecule has 0 aliphatic rings. The van der Waals surface area contributed by atoms with Gasteiger partial charge in [0, 0.05) is 12.8 Å². The number of likely N-dealkylation sites (N-methyl/N-ethyl adjacent to an activating group) is 1. The molecule has 1 N–H and O–H groups in total. The van der Waals surface area contributed by atoms with E-state index in [9.17, 15) is 19.0 Å². The van der Waals surface area contributed by atoms with Gasteiger partial charge in [0.1, 0.15) is 19.8 Å². The van der Waals surface area contributed by atoms with Crippen molar-refractivity contribution in [3.05, 3.63) is 36.5 Å². The van der Waals surface area contributed by atoms with Gasteiger partial charge >= 0.3 is 19.8 Å². The molecule has 0 amide bonds. The van der Waals surface area contributed by atoms with E-state index in [0.29, 0.717) is 17.4 Å². The molecule has 400 valence electrons. The van der Waals surface area contributed by atoms with E-state index in [2.05, 4.69) is 50.3 Å². The molecule has 0 spiro atoms. The molecule has 0 aromatic heterocycles. The molecule has 68 heavy (non-hydrogen) atoms. The number of rotatable bonds is 53. The Labute approximate surface area is 421 Å². The molecule has 0 aromatic rings. The topological polar surface area (TPSA) is 108 Å². The third kappa shape index (κ3) is 53.6. The van der Waals surface area contributed by atoms with Gasteiger partial charge in [0.25, 0.3) is 0 Å². The Hall–Kier alpha value is -1.77. The van der Waals surface area contributed by atoms with Gasteiger partial charge in [-0.25, -0.2) is 4.57 Å². The molecular formula is C58H111NO8P+. The van der Waals surface area contributed by atoms with Crippen LogP contribution < -0.4 is 0 Å². The average Bonchev–Trinajstić information content (AvgIpc) is 3.30. The van der Waals surface area contributed by atoms with Crippen LogP contribution in [0.2, 0.25) is 0 Å². The molecule has 0 aromatic carbocycles. The summed E-state index contributed by atoms with van der Waals surface area (Å²) in [6.07, 6.45) is 60.8. The van der Waals surface area contributed by atoms with Gasteiger partial charge in [-0.3, -0.25) is 18.6 Å².